The number of hydrogen-bond donors (Lipinski definition) is 2. The highest BCUT2D eigenvalue weighted by Gasteiger charge is 2.38. The SMILES string of the molecule is CN1CCN([C@@H]2CN(C(=O)Nc3ccc4c(c3)CCC4)C[C@H]2O)CC1. The lowest BCUT2D eigenvalue weighted by molar-refractivity contribution is 0.0512. The summed E-state index contributed by atoms with van der Waals surface area (Å²) >= 11 is 0. The number of carbonyl (C=O) groups is 1. The van der Waals surface area contributed by atoms with Gasteiger partial charge >= 0.3 is 6.03 Å². The number of amides is 2. The largest absolute Gasteiger partial charge is 0.390 e. The van der Waals surface area contributed by atoms with E-state index in [0.717, 1.165) is 44.7 Å². The third kappa shape index (κ3) is 3.52. The van der Waals surface area contributed by atoms with E-state index in [1.54, 1.807) is 4.90 Å². The molecule has 2 amide bonds. The molecular formula is C19H28N4O2. The van der Waals surface area contributed by atoms with Gasteiger partial charge in [0.15, 0.2) is 0 Å². The average Bonchev–Trinajstić information content (AvgIpc) is 3.22. The number of rotatable bonds is 2. The number of benzene rings is 1. The summed E-state index contributed by atoms with van der Waals surface area (Å²) in [6, 6.07) is 6.18. The Morgan fingerprint density at radius 3 is 2.68 bits per heavy atom. The van der Waals surface area contributed by atoms with Crippen molar-refractivity contribution in [1.29, 1.82) is 0 Å². The van der Waals surface area contributed by atoms with Crippen LogP contribution in [0.5, 0.6) is 0 Å². The van der Waals surface area contributed by atoms with Gasteiger partial charge in [0.1, 0.15) is 0 Å². The monoisotopic (exact) mass is 344 g/mol. The van der Waals surface area contributed by atoms with E-state index in [4.69, 9.17) is 0 Å². The van der Waals surface area contributed by atoms with Gasteiger partial charge in [-0.2, -0.15) is 0 Å². The maximum absolute atomic E-state index is 12.6. The number of aryl methyl sites for hydroxylation is 2. The van der Waals surface area contributed by atoms with Crippen LogP contribution in [0.4, 0.5) is 10.5 Å². The van der Waals surface area contributed by atoms with Gasteiger partial charge in [0, 0.05) is 38.4 Å². The van der Waals surface area contributed by atoms with E-state index in [2.05, 4.69) is 34.3 Å². The van der Waals surface area contributed by atoms with E-state index in [9.17, 15) is 9.90 Å². The number of aliphatic hydroxyl groups is 1. The van der Waals surface area contributed by atoms with Gasteiger partial charge in [-0.15, -0.1) is 0 Å². The summed E-state index contributed by atoms with van der Waals surface area (Å²) in [7, 11) is 2.12. The van der Waals surface area contributed by atoms with Crippen LogP contribution in [0.1, 0.15) is 17.5 Å². The molecule has 0 aromatic heterocycles. The number of carbonyl (C=O) groups excluding carboxylic acids is 1. The van der Waals surface area contributed by atoms with Crippen LogP contribution in [0.25, 0.3) is 0 Å². The third-order valence-corrected chi connectivity index (χ3v) is 5.90. The minimum atomic E-state index is -0.464. The molecule has 2 heterocycles. The highest BCUT2D eigenvalue weighted by molar-refractivity contribution is 5.89. The molecule has 1 aromatic carbocycles. The maximum Gasteiger partial charge on any atom is 0.321 e. The van der Waals surface area contributed by atoms with E-state index in [-0.39, 0.29) is 12.1 Å². The molecule has 0 bridgehead atoms. The number of likely N-dealkylation sites (N-methyl/N-ethyl adjacent to an activating group) is 1. The minimum absolute atomic E-state index is 0.0551. The first-order chi connectivity index (χ1) is 12.1. The molecule has 25 heavy (non-hydrogen) atoms. The summed E-state index contributed by atoms with van der Waals surface area (Å²) in [5, 5.41) is 13.5. The van der Waals surface area contributed by atoms with Gasteiger partial charge in [0.2, 0.25) is 0 Å². The Balaban J connectivity index is 1.36. The molecule has 1 aliphatic carbocycles. The number of fused-ring (bicyclic) bond motifs is 1. The molecule has 0 radical (unpaired) electrons. The normalized spacial score (nSPS) is 27.5. The lowest BCUT2D eigenvalue weighted by atomic mass is 10.1. The van der Waals surface area contributed by atoms with Crippen molar-refractivity contribution in [2.24, 2.45) is 0 Å². The lowest BCUT2D eigenvalue weighted by Crippen LogP contribution is -2.52. The number of β-amino-alcohol motifs (C(OH)–C–C–N with tert-alkyl or cyclic N) is 1. The molecule has 3 aliphatic rings. The Morgan fingerprint density at radius 1 is 1.12 bits per heavy atom. The van der Waals surface area contributed by atoms with Gasteiger partial charge < -0.3 is 20.2 Å². The van der Waals surface area contributed by atoms with Crippen molar-refractivity contribution < 1.29 is 9.90 Å². The zero-order valence-electron chi connectivity index (χ0n) is 14.9. The number of nitrogens with zero attached hydrogens (tertiary/aromatic N) is 3. The fraction of sp³-hybridized carbons (Fsp3) is 0.632. The van der Waals surface area contributed by atoms with Crippen molar-refractivity contribution in [3.8, 4) is 0 Å². The third-order valence-electron chi connectivity index (χ3n) is 5.90. The molecule has 0 saturated carbocycles. The summed E-state index contributed by atoms with van der Waals surface area (Å²) in [4.78, 5) is 19.0. The van der Waals surface area contributed by atoms with Crippen molar-refractivity contribution in [2.75, 3.05) is 51.6 Å². The molecule has 2 fully saturated rings. The summed E-state index contributed by atoms with van der Waals surface area (Å²) in [5.74, 6) is 0. The molecule has 2 N–H and O–H groups in total. The number of likely N-dealkylation sites (tertiary alicyclic amines) is 1. The predicted octanol–water partition coefficient (Wildman–Crippen LogP) is 1.000. The van der Waals surface area contributed by atoms with E-state index < -0.39 is 6.10 Å². The molecule has 2 aliphatic heterocycles. The van der Waals surface area contributed by atoms with Crippen molar-refractivity contribution in [3.63, 3.8) is 0 Å². The first-order valence-electron chi connectivity index (χ1n) is 9.38. The van der Waals surface area contributed by atoms with Crippen LogP contribution in [0.3, 0.4) is 0 Å². The summed E-state index contributed by atoms with van der Waals surface area (Å²) in [5.41, 5.74) is 3.63. The molecule has 0 spiro atoms. The molecule has 0 unspecified atom stereocenters. The van der Waals surface area contributed by atoms with Gasteiger partial charge in [-0.25, -0.2) is 4.79 Å². The Kier molecular flexibility index (Phi) is 4.67. The number of hydrogen-bond acceptors (Lipinski definition) is 4. The van der Waals surface area contributed by atoms with Crippen LogP contribution in [-0.4, -0.2) is 84.3 Å². The smallest absolute Gasteiger partial charge is 0.321 e. The highest BCUT2D eigenvalue weighted by Crippen LogP contribution is 2.25. The second-order valence-electron chi connectivity index (χ2n) is 7.65. The number of urea groups is 1. The zero-order valence-corrected chi connectivity index (χ0v) is 14.9. The molecule has 136 valence electrons. The first-order valence-corrected chi connectivity index (χ1v) is 9.38. The summed E-state index contributed by atoms with van der Waals surface area (Å²) in [6.45, 7) is 4.96. The number of anilines is 1. The Morgan fingerprint density at radius 2 is 1.88 bits per heavy atom. The molecule has 2 atom stereocenters. The molecule has 2 saturated heterocycles. The Bertz CT molecular complexity index is 642. The minimum Gasteiger partial charge on any atom is -0.390 e. The second kappa shape index (κ2) is 6.94. The second-order valence-corrected chi connectivity index (χ2v) is 7.65. The summed E-state index contributed by atoms with van der Waals surface area (Å²) in [6.07, 6.45) is 2.99. The van der Waals surface area contributed by atoms with Crippen LogP contribution in [0.2, 0.25) is 0 Å². The standard InChI is InChI=1S/C19H28N4O2/c1-21-7-9-22(10-8-21)17-12-23(13-18(17)24)19(25)20-16-6-5-14-3-2-4-15(14)11-16/h5-6,11,17-18,24H,2-4,7-10,12-13H2,1H3,(H,20,25)/t17-,18-/m1/s1. The van der Waals surface area contributed by atoms with Gasteiger partial charge in [-0.1, -0.05) is 6.07 Å². The van der Waals surface area contributed by atoms with Crippen LogP contribution < -0.4 is 5.32 Å². The number of nitrogens with one attached hydrogen (secondary N) is 1. The van der Waals surface area contributed by atoms with Gasteiger partial charge in [0.25, 0.3) is 0 Å². The van der Waals surface area contributed by atoms with Crippen LogP contribution in [0, 0.1) is 0 Å². The Labute approximate surface area is 149 Å². The van der Waals surface area contributed by atoms with Crippen molar-refractivity contribution in [2.45, 2.75) is 31.4 Å². The molecule has 6 nitrogen and oxygen atoms in total. The van der Waals surface area contributed by atoms with Crippen molar-refractivity contribution >= 4 is 11.7 Å². The van der Waals surface area contributed by atoms with E-state index in [1.165, 1.54) is 17.5 Å². The lowest BCUT2D eigenvalue weighted by Gasteiger charge is -2.37. The van der Waals surface area contributed by atoms with Crippen LogP contribution in [0.15, 0.2) is 18.2 Å². The van der Waals surface area contributed by atoms with Gasteiger partial charge in [-0.3, -0.25) is 4.90 Å². The first kappa shape index (κ1) is 16.8. The average molecular weight is 344 g/mol. The zero-order chi connectivity index (χ0) is 17.4. The van der Waals surface area contributed by atoms with E-state index >= 15 is 0 Å². The van der Waals surface area contributed by atoms with Crippen molar-refractivity contribution in [1.82, 2.24) is 14.7 Å². The predicted molar refractivity (Wildman–Crippen MR) is 97.9 cm³/mol. The quantitative estimate of drug-likeness (QED) is 0.840. The maximum atomic E-state index is 12.6. The van der Waals surface area contributed by atoms with E-state index in [0.29, 0.717) is 13.1 Å². The molecule has 1 aromatic rings. The number of piperazine rings is 1. The fourth-order valence-corrected chi connectivity index (χ4v) is 4.30. The van der Waals surface area contributed by atoms with Gasteiger partial charge in [0.05, 0.1) is 18.7 Å². The van der Waals surface area contributed by atoms with Gasteiger partial charge in [-0.05, 0) is 49.6 Å². The molecule has 4 rings (SSSR count). The van der Waals surface area contributed by atoms with Crippen molar-refractivity contribution in [3.05, 3.63) is 29.3 Å². The van der Waals surface area contributed by atoms with E-state index in [1.807, 2.05) is 6.07 Å². The number of aliphatic hydroxyl groups excluding tert-OH is 1. The topological polar surface area (TPSA) is 59.0 Å². The fourth-order valence-electron chi connectivity index (χ4n) is 4.30. The highest BCUT2D eigenvalue weighted by atomic mass is 16.3. The van der Waals surface area contributed by atoms with Crippen LogP contribution >= 0.6 is 0 Å². The Hall–Kier alpha value is -1.63. The summed E-state index contributed by atoms with van der Waals surface area (Å²) < 4.78 is 0. The molecular weight excluding hydrogens is 316 g/mol. The molecule has 6 heteroatoms. The van der Waals surface area contributed by atoms with Crippen LogP contribution in [-0.2, 0) is 12.8 Å².